The summed E-state index contributed by atoms with van der Waals surface area (Å²) >= 11 is 0. The molecular weight excluding hydrogens is 382 g/mol. The summed E-state index contributed by atoms with van der Waals surface area (Å²) in [6, 6.07) is 4.01. The summed E-state index contributed by atoms with van der Waals surface area (Å²) in [6.07, 6.45) is 5.26. The van der Waals surface area contributed by atoms with Gasteiger partial charge in [-0.25, -0.2) is 13.1 Å². The number of nitro benzene ring substituents is 1. The first kappa shape index (κ1) is 21.0. The maximum atomic E-state index is 12.8. The lowest BCUT2D eigenvalue weighted by molar-refractivity contribution is -0.384. The number of hydrogen-bond donors (Lipinski definition) is 2. The Balaban J connectivity index is 1.82. The molecule has 1 aliphatic carbocycles. The highest BCUT2D eigenvalue weighted by atomic mass is 32.2. The van der Waals surface area contributed by atoms with Crippen molar-refractivity contribution in [3.63, 3.8) is 0 Å². The number of nitrogens with one attached hydrogen (secondary N) is 1. The van der Waals surface area contributed by atoms with Crippen molar-refractivity contribution in [2.75, 3.05) is 24.6 Å². The van der Waals surface area contributed by atoms with Gasteiger partial charge >= 0.3 is 0 Å². The Morgan fingerprint density at radius 2 is 1.96 bits per heavy atom. The predicted molar refractivity (Wildman–Crippen MR) is 107 cm³/mol. The molecule has 1 atom stereocenters. The summed E-state index contributed by atoms with van der Waals surface area (Å²) in [5.74, 6) is 0.681. The molecule has 0 radical (unpaired) electrons. The molecule has 2 N–H and O–H groups in total. The Labute approximate surface area is 166 Å². The van der Waals surface area contributed by atoms with Crippen LogP contribution < -0.4 is 9.62 Å². The van der Waals surface area contributed by atoms with E-state index in [-0.39, 0.29) is 29.1 Å². The first-order valence-corrected chi connectivity index (χ1v) is 11.4. The van der Waals surface area contributed by atoms with E-state index in [1.54, 1.807) is 0 Å². The fourth-order valence-electron chi connectivity index (χ4n) is 4.18. The van der Waals surface area contributed by atoms with Gasteiger partial charge in [0, 0.05) is 31.8 Å². The Hall–Kier alpha value is -1.71. The molecule has 1 saturated heterocycles. The number of aliphatic hydroxyl groups is 1. The molecular formula is C19H29N3O5S. The Bertz CT molecular complexity index is 806. The number of hydrogen-bond acceptors (Lipinski definition) is 6. The van der Waals surface area contributed by atoms with Crippen molar-refractivity contribution in [2.45, 2.75) is 56.4 Å². The lowest BCUT2D eigenvalue weighted by atomic mass is 9.88. The van der Waals surface area contributed by atoms with Crippen molar-refractivity contribution in [3.8, 4) is 0 Å². The predicted octanol–water partition coefficient (Wildman–Crippen LogP) is 2.66. The van der Waals surface area contributed by atoms with Gasteiger partial charge in [0.2, 0.25) is 10.0 Å². The number of benzene rings is 1. The number of rotatable bonds is 6. The van der Waals surface area contributed by atoms with Crippen LogP contribution >= 0.6 is 0 Å². The second kappa shape index (κ2) is 8.75. The van der Waals surface area contributed by atoms with Gasteiger partial charge in [0.15, 0.2) is 0 Å². The third kappa shape index (κ3) is 4.82. The molecule has 2 aliphatic rings. The van der Waals surface area contributed by atoms with E-state index in [0.29, 0.717) is 24.7 Å². The third-order valence-corrected chi connectivity index (χ3v) is 7.43. The molecule has 9 heteroatoms. The Morgan fingerprint density at radius 3 is 2.61 bits per heavy atom. The minimum atomic E-state index is -3.81. The lowest BCUT2D eigenvalue weighted by Gasteiger charge is -2.33. The highest BCUT2D eigenvalue weighted by molar-refractivity contribution is 7.89. The van der Waals surface area contributed by atoms with Crippen molar-refractivity contribution in [3.05, 3.63) is 28.3 Å². The molecule has 1 heterocycles. The average molecular weight is 412 g/mol. The standard InChI is InChI=1S/C19H29N3O5S/c1-14-4-6-16(7-5-14)20-28(26,27)17-8-9-18(19(11-17)22(24)25)21-10-2-3-15(12-21)13-23/h8-9,11,14-16,20,23H,2-7,10,12-13H2,1H3/t14?,15-,16?/m0/s1. The van der Waals surface area contributed by atoms with Gasteiger partial charge in [-0.1, -0.05) is 6.92 Å². The topological polar surface area (TPSA) is 113 Å². The van der Waals surface area contributed by atoms with Gasteiger partial charge in [0.1, 0.15) is 5.69 Å². The van der Waals surface area contributed by atoms with E-state index in [1.165, 1.54) is 12.1 Å². The van der Waals surface area contributed by atoms with Crippen molar-refractivity contribution in [2.24, 2.45) is 11.8 Å². The molecule has 0 bridgehead atoms. The second-order valence-electron chi connectivity index (χ2n) is 8.12. The summed E-state index contributed by atoms with van der Waals surface area (Å²) in [6.45, 7) is 3.39. The first-order chi connectivity index (χ1) is 13.3. The molecule has 1 aliphatic heterocycles. The van der Waals surface area contributed by atoms with E-state index in [4.69, 9.17) is 0 Å². The van der Waals surface area contributed by atoms with Gasteiger partial charge in [0.05, 0.1) is 9.82 Å². The maximum absolute atomic E-state index is 12.8. The normalized spacial score (nSPS) is 26.2. The number of sulfonamides is 1. The van der Waals surface area contributed by atoms with Gasteiger partial charge in [-0.15, -0.1) is 0 Å². The molecule has 3 rings (SSSR count). The van der Waals surface area contributed by atoms with Crippen LogP contribution in [0.2, 0.25) is 0 Å². The van der Waals surface area contributed by atoms with E-state index in [2.05, 4.69) is 11.6 Å². The zero-order valence-corrected chi connectivity index (χ0v) is 17.0. The van der Waals surface area contributed by atoms with Gasteiger partial charge in [-0.05, 0) is 62.5 Å². The molecule has 1 saturated carbocycles. The average Bonchev–Trinajstić information content (AvgIpc) is 2.69. The van der Waals surface area contributed by atoms with Crippen molar-refractivity contribution >= 4 is 21.4 Å². The van der Waals surface area contributed by atoms with E-state index >= 15 is 0 Å². The van der Waals surface area contributed by atoms with Gasteiger partial charge in [-0.3, -0.25) is 10.1 Å². The number of nitrogens with zero attached hydrogens (tertiary/aromatic N) is 2. The number of aliphatic hydroxyl groups excluding tert-OH is 1. The molecule has 1 aromatic carbocycles. The fraction of sp³-hybridized carbons (Fsp3) is 0.684. The summed E-state index contributed by atoms with van der Waals surface area (Å²) in [5, 5.41) is 21.0. The van der Waals surface area contributed by atoms with E-state index in [0.717, 1.165) is 44.6 Å². The van der Waals surface area contributed by atoms with Crippen LogP contribution in [0.15, 0.2) is 23.1 Å². The van der Waals surface area contributed by atoms with Crippen LogP contribution in [0.3, 0.4) is 0 Å². The monoisotopic (exact) mass is 411 g/mol. The second-order valence-corrected chi connectivity index (χ2v) is 9.84. The SMILES string of the molecule is CC1CCC(NS(=O)(=O)c2ccc(N3CCC[C@H](CO)C3)c([N+](=O)[O-])c2)CC1. The molecule has 8 nitrogen and oxygen atoms in total. The zero-order valence-electron chi connectivity index (χ0n) is 16.2. The summed E-state index contributed by atoms with van der Waals surface area (Å²) in [4.78, 5) is 12.9. The van der Waals surface area contributed by atoms with Crippen LogP contribution in [0.25, 0.3) is 0 Å². The zero-order chi connectivity index (χ0) is 20.3. The molecule has 0 unspecified atom stereocenters. The van der Waals surface area contributed by atoms with Crippen LogP contribution in [-0.4, -0.2) is 44.2 Å². The summed E-state index contributed by atoms with van der Waals surface area (Å²) in [5.41, 5.74) is 0.201. The van der Waals surface area contributed by atoms with Crippen LogP contribution in [0, 0.1) is 22.0 Å². The molecule has 2 fully saturated rings. The first-order valence-electron chi connectivity index (χ1n) is 9.96. The maximum Gasteiger partial charge on any atom is 0.293 e. The number of nitro groups is 1. The lowest BCUT2D eigenvalue weighted by Crippen LogP contribution is -2.38. The van der Waals surface area contributed by atoms with E-state index < -0.39 is 14.9 Å². The third-order valence-electron chi connectivity index (χ3n) is 5.91. The molecule has 1 aromatic rings. The van der Waals surface area contributed by atoms with Crippen LogP contribution in [0.1, 0.15) is 45.4 Å². The fourth-order valence-corrected chi connectivity index (χ4v) is 5.51. The van der Waals surface area contributed by atoms with Gasteiger partial charge < -0.3 is 10.0 Å². The van der Waals surface area contributed by atoms with Gasteiger partial charge in [0.25, 0.3) is 5.69 Å². The molecule has 0 amide bonds. The minimum Gasteiger partial charge on any atom is -0.396 e. The van der Waals surface area contributed by atoms with Crippen LogP contribution in [0.4, 0.5) is 11.4 Å². The number of piperidine rings is 1. The number of anilines is 1. The summed E-state index contributed by atoms with van der Waals surface area (Å²) < 4.78 is 28.2. The van der Waals surface area contributed by atoms with E-state index in [9.17, 15) is 23.6 Å². The highest BCUT2D eigenvalue weighted by Gasteiger charge is 2.29. The minimum absolute atomic E-state index is 0.0423. The molecule has 156 valence electrons. The van der Waals surface area contributed by atoms with Crippen LogP contribution in [0.5, 0.6) is 0 Å². The molecule has 0 aromatic heterocycles. The Morgan fingerprint density at radius 1 is 1.25 bits per heavy atom. The van der Waals surface area contributed by atoms with Crippen LogP contribution in [-0.2, 0) is 10.0 Å². The van der Waals surface area contributed by atoms with E-state index in [1.807, 2.05) is 4.90 Å². The Kier molecular flexibility index (Phi) is 6.57. The van der Waals surface area contributed by atoms with Gasteiger partial charge in [-0.2, -0.15) is 0 Å². The largest absolute Gasteiger partial charge is 0.396 e. The van der Waals surface area contributed by atoms with Crippen molar-refractivity contribution in [1.82, 2.24) is 4.72 Å². The highest BCUT2D eigenvalue weighted by Crippen LogP contribution is 2.34. The van der Waals surface area contributed by atoms with Crippen molar-refractivity contribution in [1.29, 1.82) is 0 Å². The molecule has 28 heavy (non-hydrogen) atoms. The van der Waals surface area contributed by atoms with Crippen molar-refractivity contribution < 1.29 is 18.4 Å². The smallest absolute Gasteiger partial charge is 0.293 e. The summed E-state index contributed by atoms with van der Waals surface area (Å²) in [7, 11) is -3.81. The quantitative estimate of drug-likeness (QED) is 0.550. The molecule has 0 spiro atoms.